The number of anilines is 1. The molecule has 0 bridgehead atoms. The molecule has 0 saturated carbocycles. The number of para-hydroxylation sites is 1. The number of carbonyl (C=O) groups is 2. The highest BCUT2D eigenvalue weighted by molar-refractivity contribution is 7.92. The second kappa shape index (κ2) is 8.82. The van der Waals surface area contributed by atoms with Gasteiger partial charge < -0.3 is 16.4 Å². The van der Waals surface area contributed by atoms with Crippen LogP contribution in [0.3, 0.4) is 0 Å². The lowest BCUT2D eigenvalue weighted by atomic mass is 10.1. The minimum Gasteiger partial charge on any atom is -0.348 e. The van der Waals surface area contributed by atoms with Crippen molar-refractivity contribution in [1.82, 2.24) is 10.6 Å². The maximum Gasteiger partial charge on any atom is 0.239 e. The van der Waals surface area contributed by atoms with Crippen LogP contribution in [-0.4, -0.2) is 39.1 Å². The van der Waals surface area contributed by atoms with Crippen molar-refractivity contribution < 1.29 is 18.0 Å². The molecule has 0 heterocycles. The average molecular weight is 370 g/mol. The van der Waals surface area contributed by atoms with Gasteiger partial charge in [0.2, 0.25) is 21.8 Å². The van der Waals surface area contributed by atoms with Crippen molar-refractivity contribution in [3.05, 3.63) is 29.8 Å². The molecule has 140 valence electrons. The van der Waals surface area contributed by atoms with E-state index in [1.54, 1.807) is 31.2 Å². The number of sulfonamides is 1. The molecule has 1 unspecified atom stereocenters. The third kappa shape index (κ3) is 7.10. The zero-order chi connectivity index (χ0) is 19.2. The molecule has 0 spiro atoms. The molecule has 0 fully saturated rings. The predicted molar refractivity (Wildman–Crippen MR) is 97.3 cm³/mol. The van der Waals surface area contributed by atoms with Gasteiger partial charge in [-0.2, -0.15) is 0 Å². The normalized spacial score (nSPS) is 13.8. The smallest absolute Gasteiger partial charge is 0.239 e. The summed E-state index contributed by atoms with van der Waals surface area (Å²) in [7, 11) is -3.43. The third-order valence-electron chi connectivity index (χ3n) is 3.54. The number of rotatable bonds is 8. The van der Waals surface area contributed by atoms with Crippen LogP contribution in [0.25, 0.3) is 0 Å². The van der Waals surface area contributed by atoms with Crippen LogP contribution in [0.4, 0.5) is 5.69 Å². The summed E-state index contributed by atoms with van der Waals surface area (Å²) in [5.74, 6) is -0.821. The number of benzene rings is 1. The van der Waals surface area contributed by atoms with E-state index < -0.39 is 33.9 Å². The summed E-state index contributed by atoms with van der Waals surface area (Å²) in [6, 6.07) is 5.64. The van der Waals surface area contributed by atoms with Crippen molar-refractivity contribution in [2.24, 2.45) is 11.7 Å². The maximum atomic E-state index is 12.0. The van der Waals surface area contributed by atoms with Gasteiger partial charge in [0.25, 0.3) is 0 Å². The monoisotopic (exact) mass is 370 g/mol. The van der Waals surface area contributed by atoms with E-state index in [0.29, 0.717) is 11.3 Å². The van der Waals surface area contributed by atoms with Crippen LogP contribution in [0.5, 0.6) is 0 Å². The quantitative estimate of drug-likeness (QED) is 0.524. The molecule has 0 saturated heterocycles. The van der Waals surface area contributed by atoms with Gasteiger partial charge in [0.15, 0.2) is 0 Å². The second-order valence-corrected chi connectivity index (χ2v) is 7.99. The lowest BCUT2D eigenvalue weighted by Crippen LogP contribution is -2.47. The largest absolute Gasteiger partial charge is 0.348 e. The Bertz CT molecular complexity index is 719. The molecule has 0 aliphatic rings. The molecule has 0 aliphatic carbocycles. The highest BCUT2D eigenvalue weighted by Gasteiger charge is 2.19. The first-order chi connectivity index (χ1) is 11.5. The van der Waals surface area contributed by atoms with Crippen molar-refractivity contribution in [3.63, 3.8) is 0 Å². The van der Waals surface area contributed by atoms with Gasteiger partial charge >= 0.3 is 0 Å². The molecule has 1 aromatic carbocycles. The van der Waals surface area contributed by atoms with E-state index in [1.807, 2.05) is 13.8 Å². The minimum atomic E-state index is -3.43. The van der Waals surface area contributed by atoms with Crippen LogP contribution in [0.1, 0.15) is 32.4 Å². The molecule has 5 N–H and O–H groups in total. The SMILES string of the molecule is CC(NC(=O)CNC(=O)[C@@H](N)C(C)C)c1ccccc1NS(C)(=O)=O. The van der Waals surface area contributed by atoms with Crippen molar-refractivity contribution in [2.75, 3.05) is 17.5 Å². The molecular weight excluding hydrogens is 344 g/mol. The number of hydrogen-bond acceptors (Lipinski definition) is 5. The summed E-state index contributed by atoms with van der Waals surface area (Å²) < 4.78 is 25.3. The van der Waals surface area contributed by atoms with Gasteiger partial charge in [-0.05, 0) is 24.5 Å². The number of hydrogen-bond donors (Lipinski definition) is 4. The van der Waals surface area contributed by atoms with E-state index in [4.69, 9.17) is 5.73 Å². The summed E-state index contributed by atoms with van der Waals surface area (Å²) in [6.07, 6.45) is 1.06. The Morgan fingerprint density at radius 3 is 2.32 bits per heavy atom. The van der Waals surface area contributed by atoms with E-state index in [2.05, 4.69) is 15.4 Å². The number of nitrogens with one attached hydrogen (secondary N) is 3. The van der Waals surface area contributed by atoms with Crippen LogP contribution < -0.4 is 21.1 Å². The Balaban J connectivity index is 2.69. The highest BCUT2D eigenvalue weighted by atomic mass is 32.2. The fraction of sp³-hybridized carbons (Fsp3) is 0.500. The van der Waals surface area contributed by atoms with Gasteiger partial charge in [0.05, 0.1) is 30.6 Å². The van der Waals surface area contributed by atoms with Gasteiger partial charge in [-0.3, -0.25) is 14.3 Å². The Labute approximate surface area is 148 Å². The van der Waals surface area contributed by atoms with Gasteiger partial charge in [-0.1, -0.05) is 32.0 Å². The summed E-state index contributed by atoms with van der Waals surface area (Å²) in [4.78, 5) is 23.8. The standard InChI is InChI=1S/C16H26N4O4S/c1-10(2)15(17)16(22)18-9-14(21)19-11(3)12-7-5-6-8-13(12)20-25(4,23)24/h5-8,10-11,15,20H,9,17H2,1-4H3,(H,18,22)(H,19,21)/t11?,15-/m0/s1. The fourth-order valence-electron chi connectivity index (χ4n) is 2.13. The van der Waals surface area contributed by atoms with Gasteiger partial charge in [-0.15, -0.1) is 0 Å². The van der Waals surface area contributed by atoms with Crippen LogP contribution >= 0.6 is 0 Å². The van der Waals surface area contributed by atoms with Crippen LogP contribution in [0.2, 0.25) is 0 Å². The Hall–Kier alpha value is -2.13. The van der Waals surface area contributed by atoms with Crippen molar-refractivity contribution in [2.45, 2.75) is 32.9 Å². The molecule has 2 atom stereocenters. The molecular formula is C16H26N4O4S. The average Bonchev–Trinajstić information content (AvgIpc) is 2.50. The molecule has 8 nitrogen and oxygen atoms in total. The van der Waals surface area contributed by atoms with Crippen LogP contribution in [0.15, 0.2) is 24.3 Å². The highest BCUT2D eigenvalue weighted by Crippen LogP contribution is 2.23. The molecule has 0 aliphatic heterocycles. The van der Waals surface area contributed by atoms with E-state index in [1.165, 1.54) is 0 Å². The predicted octanol–water partition coefficient (Wildman–Crippen LogP) is 0.335. The molecule has 1 aromatic rings. The van der Waals surface area contributed by atoms with Crippen LogP contribution in [-0.2, 0) is 19.6 Å². The summed E-state index contributed by atoms with van der Waals surface area (Å²) in [5, 5.41) is 5.20. The van der Waals surface area contributed by atoms with E-state index in [-0.39, 0.29) is 12.5 Å². The van der Waals surface area contributed by atoms with Crippen molar-refractivity contribution in [1.29, 1.82) is 0 Å². The molecule has 2 amide bonds. The first-order valence-electron chi connectivity index (χ1n) is 7.90. The Kier molecular flexibility index (Phi) is 7.38. The lowest BCUT2D eigenvalue weighted by Gasteiger charge is -2.19. The first kappa shape index (κ1) is 20.9. The molecule has 25 heavy (non-hydrogen) atoms. The minimum absolute atomic E-state index is 0.0315. The number of carbonyl (C=O) groups excluding carboxylic acids is 2. The van der Waals surface area contributed by atoms with Gasteiger partial charge in [0, 0.05) is 0 Å². The zero-order valence-electron chi connectivity index (χ0n) is 14.9. The fourth-order valence-corrected chi connectivity index (χ4v) is 2.71. The summed E-state index contributed by atoms with van der Waals surface area (Å²) in [6.45, 7) is 5.16. The van der Waals surface area contributed by atoms with E-state index in [9.17, 15) is 18.0 Å². The van der Waals surface area contributed by atoms with Crippen molar-refractivity contribution >= 4 is 27.5 Å². The Morgan fingerprint density at radius 1 is 1.16 bits per heavy atom. The van der Waals surface area contributed by atoms with Crippen LogP contribution in [0, 0.1) is 5.92 Å². The topological polar surface area (TPSA) is 130 Å². The second-order valence-electron chi connectivity index (χ2n) is 6.24. The lowest BCUT2D eigenvalue weighted by molar-refractivity contribution is -0.127. The van der Waals surface area contributed by atoms with Gasteiger partial charge in [0.1, 0.15) is 0 Å². The maximum absolute atomic E-state index is 12.0. The summed E-state index contributed by atoms with van der Waals surface area (Å²) >= 11 is 0. The van der Waals surface area contributed by atoms with Crippen molar-refractivity contribution in [3.8, 4) is 0 Å². The first-order valence-corrected chi connectivity index (χ1v) is 9.79. The van der Waals surface area contributed by atoms with E-state index in [0.717, 1.165) is 6.26 Å². The molecule has 0 radical (unpaired) electrons. The molecule has 9 heteroatoms. The number of nitrogens with two attached hydrogens (primary N) is 1. The van der Waals surface area contributed by atoms with E-state index >= 15 is 0 Å². The third-order valence-corrected chi connectivity index (χ3v) is 4.14. The molecule has 0 aromatic heterocycles. The summed E-state index contributed by atoms with van der Waals surface area (Å²) in [5.41, 5.74) is 6.72. The van der Waals surface area contributed by atoms with Gasteiger partial charge in [-0.25, -0.2) is 8.42 Å². The Morgan fingerprint density at radius 2 is 1.76 bits per heavy atom. The number of amides is 2. The molecule has 1 rings (SSSR count). The zero-order valence-corrected chi connectivity index (χ0v) is 15.7.